The third-order valence-electron chi connectivity index (χ3n) is 5.03. The minimum absolute atomic E-state index is 0.00198. The normalized spacial score (nSPS) is 27.1. The van der Waals surface area contributed by atoms with Gasteiger partial charge in [-0.1, -0.05) is 0 Å². The van der Waals surface area contributed by atoms with E-state index in [2.05, 4.69) is 9.97 Å². The minimum atomic E-state index is -0.891. The number of hydrogen-bond acceptors (Lipinski definition) is 5. The lowest BCUT2D eigenvalue weighted by Crippen LogP contribution is -2.43. The van der Waals surface area contributed by atoms with Crippen molar-refractivity contribution < 1.29 is 14.0 Å². The molecule has 3 rings (SSSR count). The Hall–Kier alpha value is -2.09. The van der Waals surface area contributed by atoms with Crippen LogP contribution in [0.15, 0.2) is 18.7 Å². The maximum absolute atomic E-state index is 14.0. The molecule has 2 amide bonds. The van der Waals surface area contributed by atoms with E-state index in [9.17, 15) is 14.0 Å². The summed E-state index contributed by atoms with van der Waals surface area (Å²) in [5.74, 6) is -0.328. The summed E-state index contributed by atoms with van der Waals surface area (Å²) in [6.07, 6.45) is 4.71. The Bertz CT molecular complexity index is 629. The third-order valence-corrected chi connectivity index (χ3v) is 5.03. The molecule has 136 valence electrons. The van der Waals surface area contributed by atoms with Crippen molar-refractivity contribution in [1.29, 1.82) is 0 Å². The van der Waals surface area contributed by atoms with E-state index in [0.29, 0.717) is 32.6 Å². The van der Waals surface area contributed by atoms with Crippen LogP contribution < -0.4 is 0 Å². The predicted molar refractivity (Wildman–Crippen MR) is 89.1 cm³/mol. The van der Waals surface area contributed by atoms with Crippen LogP contribution in [0.4, 0.5) is 4.39 Å². The monoisotopic (exact) mass is 349 g/mol. The Morgan fingerprint density at radius 1 is 1.36 bits per heavy atom. The van der Waals surface area contributed by atoms with Gasteiger partial charge in [-0.2, -0.15) is 0 Å². The van der Waals surface area contributed by atoms with Crippen LogP contribution in [0.1, 0.15) is 18.4 Å². The number of amides is 2. The zero-order valence-electron chi connectivity index (χ0n) is 14.6. The number of carbonyl (C=O) groups is 2. The van der Waals surface area contributed by atoms with Gasteiger partial charge in [-0.25, -0.2) is 14.4 Å². The second kappa shape index (κ2) is 7.43. The lowest BCUT2D eigenvalue weighted by atomic mass is 10.1. The van der Waals surface area contributed by atoms with Crippen molar-refractivity contribution in [1.82, 2.24) is 24.7 Å². The first kappa shape index (κ1) is 17.7. The van der Waals surface area contributed by atoms with E-state index in [1.807, 2.05) is 4.90 Å². The Kier molecular flexibility index (Phi) is 5.27. The molecule has 8 heteroatoms. The molecule has 2 aliphatic heterocycles. The van der Waals surface area contributed by atoms with Gasteiger partial charge in [-0.05, 0) is 6.42 Å². The van der Waals surface area contributed by atoms with Crippen LogP contribution in [-0.4, -0.2) is 82.4 Å². The average molecular weight is 349 g/mol. The molecule has 25 heavy (non-hydrogen) atoms. The second-order valence-corrected chi connectivity index (χ2v) is 7.06. The Morgan fingerprint density at radius 3 is 2.72 bits per heavy atom. The van der Waals surface area contributed by atoms with Gasteiger partial charge in [0.05, 0.1) is 5.92 Å². The molecule has 0 aromatic carbocycles. The van der Waals surface area contributed by atoms with Gasteiger partial charge in [0, 0.05) is 70.7 Å². The molecule has 0 bridgehead atoms. The standard InChI is InChI=1S/C17H24FN5O2/c1-21-8-13(3-16(21)24)17(25)22(2)10-15-4-14(18)9-23(15)7-12-5-19-11-20-6-12/h5-6,11,13-15H,3-4,7-10H2,1-2H3/t13?,14-,15-/m0/s1. The fourth-order valence-electron chi connectivity index (χ4n) is 3.70. The largest absolute Gasteiger partial charge is 0.345 e. The molecule has 0 saturated carbocycles. The number of hydrogen-bond donors (Lipinski definition) is 0. The highest BCUT2D eigenvalue weighted by molar-refractivity contribution is 5.89. The quantitative estimate of drug-likeness (QED) is 0.766. The number of likely N-dealkylation sites (tertiary alicyclic amines) is 2. The Morgan fingerprint density at radius 2 is 2.08 bits per heavy atom. The van der Waals surface area contributed by atoms with Crippen LogP contribution in [0.25, 0.3) is 0 Å². The van der Waals surface area contributed by atoms with E-state index in [1.54, 1.807) is 36.3 Å². The average Bonchev–Trinajstić information content (AvgIpc) is 3.10. The molecular weight excluding hydrogens is 325 g/mol. The summed E-state index contributed by atoms with van der Waals surface area (Å²) in [7, 11) is 3.45. The van der Waals surface area contributed by atoms with Crippen molar-refractivity contribution in [3.63, 3.8) is 0 Å². The zero-order valence-corrected chi connectivity index (χ0v) is 14.6. The summed E-state index contributed by atoms with van der Waals surface area (Å²) < 4.78 is 14.0. The predicted octanol–water partition coefficient (Wildman–Crippen LogP) is 0.326. The number of alkyl halides is 1. The van der Waals surface area contributed by atoms with Crippen molar-refractivity contribution in [2.24, 2.45) is 5.92 Å². The van der Waals surface area contributed by atoms with E-state index >= 15 is 0 Å². The smallest absolute Gasteiger partial charge is 0.227 e. The first-order valence-corrected chi connectivity index (χ1v) is 8.55. The Balaban J connectivity index is 1.59. The fraction of sp³-hybridized carbons (Fsp3) is 0.647. The van der Waals surface area contributed by atoms with Crippen molar-refractivity contribution in [3.05, 3.63) is 24.3 Å². The molecule has 1 aromatic rings. The van der Waals surface area contributed by atoms with Gasteiger partial charge in [-0.3, -0.25) is 14.5 Å². The van der Waals surface area contributed by atoms with Crippen molar-refractivity contribution in [3.8, 4) is 0 Å². The molecule has 0 aliphatic carbocycles. The molecule has 3 atom stereocenters. The molecule has 7 nitrogen and oxygen atoms in total. The van der Waals surface area contributed by atoms with Crippen molar-refractivity contribution in [2.75, 3.05) is 33.7 Å². The molecule has 0 N–H and O–H groups in total. The van der Waals surface area contributed by atoms with Crippen LogP contribution in [0.5, 0.6) is 0 Å². The van der Waals surface area contributed by atoms with E-state index in [-0.39, 0.29) is 30.2 Å². The van der Waals surface area contributed by atoms with Crippen LogP contribution in [0.3, 0.4) is 0 Å². The summed E-state index contributed by atoms with van der Waals surface area (Å²) >= 11 is 0. The van der Waals surface area contributed by atoms with Gasteiger partial charge in [0.2, 0.25) is 11.8 Å². The van der Waals surface area contributed by atoms with E-state index < -0.39 is 6.17 Å². The summed E-state index contributed by atoms with van der Waals surface area (Å²) in [6, 6.07) is -0.0426. The summed E-state index contributed by atoms with van der Waals surface area (Å²) in [5, 5.41) is 0. The lowest BCUT2D eigenvalue weighted by Gasteiger charge is -2.29. The van der Waals surface area contributed by atoms with Gasteiger partial charge in [0.1, 0.15) is 12.5 Å². The molecule has 2 saturated heterocycles. The molecule has 2 fully saturated rings. The summed E-state index contributed by atoms with van der Waals surface area (Å²) in [6.45, 7) is 1.84. The molecule has 1 aromatic heterocycles. The van der Waals surface area contributed by atoms with Gasteiger partial charge in [0.15, 0.2) is 0 Å². The van der Waals surface area contributed by atoms with E-state index in [4.69, 9.17) is 0 Å². The van der Waals surface area contributed by atoms with Crippen molar-refractivity contribution >= 4 is 11.8 Å². The summed E-state index contributed by atoms with van der Waals surface area (Å²) in [5.41, 5.74) is 0.929. The SMILES string of the molecule is CN1CC(C(=O)N(C)C[C@@H]2C[C@H](F)CN2Cc2cncnc2)CC1=O. The third kappa shape index (κ3) is 4.12. The highest BCUT2D eigenvalue weighted by Crippen LogP contribution is 2.24. The van der Waals surface area contributed by atoms with Crippen LogP contribution in [0, 0.1) is 5.92 Å². The number of carbonyl (C=O) groups excluding carboxylic acids is 2. The highest BCUT2D eigenvalue weighted by Gasteiger charge is 2.37. The van der Waals surface area contributed by atoms with Gasteiger partial charge < -0.3 is 9.80 Å². The number of halogens is 1. The number of nitrogens with zero attached hydrogens (tertiary/aromatic N) is 5. The molecule has 3 heterocycles. The van der Waals surface area contributed by atoms with Crippen LogP contribution in [0.2, 0.25) is 0 Å². The van der Waals surface area contributed by atoms with Gasteiger partial charge in [0.25, 0.3) is 0 Å². The maximum atomic E-state index is 14.0. The van der Waals surface area contributed by atoms with Gasteiger partial charge >= 0.3 is 0 Å². The number of rotatable bonds is 5. The first-order chi connectivity index (χ1) is 11.9. The van der Waals surface area contributed by atoms with E-state index in [0.717, 1.165) is 5.56 Å². The van der Waals surface area contributed by atoms with Gasteiger partial charge in [-0.15, -0.1) is 0 Å². The number of aromatic nitrogens is 2. The fourth-order valence-corrected chi connectivity index (χ4v) is 3.70. The Labute approximate surface area is 146 Å². The molecule has 0 spiro atoms. The van der Waals surface area contributed by atoms with Crippen LogP contribution >= 0.6 is 0 Å². The van der Waals surface area contributed by atoms with E-state index in [1.165, 1.54) is 6.33 Å². The molecule has 1 unspecified atom stereocenters. The minimum Gasteiger partial charge on any atom is -0.345 e. The zero-order chi connectivity index (χ0) is 18.0. The summed E-state index contributed by atoms with van der Waals surface area (Å²) in [4.78, 5) is 37.5. The van der Waals surface area contributed by atoms with Crippen LogP contribution in [-0.2, 0) is 16.1 Å². The second-order valence-electron chi connectivity index (χ2n) is 7.06. The van der Waals surface area contributed by atoms with Crippen molar-refractivity contribution in [2.45, 2.75) is 31.6 Å². The number of likely N-dealkylation sites (N-methyl/N-ethyl adjacent to an activating group) is 1. The topological polar surface area (TPSA) is 69.6 Å². The molecular formula is C17H24FN5O2. The maximum Gasteiger partial charge on any atom is 0.227 e. The molecule has 0 radical (unpaired) electrons. The lowest BCUT2D eigenvalue weighted by molar-refractivity contribution is -0.135. The first-order valence-electron chi connectivity index (χ1n) is 8.55. The molecule has 2 aliphatic rings. The highest BCUT2D eigenvalue weighted by atomic mass is 19.1.